The summed E-state index contributed by atoms with van der Waals surface area (Å²) in [6, 6.07) is 7.38. The SMILES string of the molecule is N#Cc1cc2c(nc1NCCc1ccc(=O)[nH]c1)COCC2. The number of nitrogens with one attached hydrogen (secondary N) is 2. The molecule has 112 valence electrons. The lowest BCUT2D eigenvalue weighted by Gasteiger charge is -2.17. The van der Waals surface area contributed by atoms with Crippen molar-refractivity contribution in [3.8, 4) is 6.07 Å². The van der Waals surface area contributed by atoms with E-state index in [9.17, 15) is 10.1 Å². The molecular formula is C16H16N4O2. The Morgan fingerprint density at radius 2 is 2.36 bits per heavy atom. The Labute approximate surface area is 127 Å². The van der Waals surface area contributed by atoms with Crippen molar-refractivity contribution in [2.24, 2.45) is 0 Å². The lowest BCUT2D eigenvalue weighted by molar-refractivity contribution is 0.107. The van der Waals surface area contributed by atoms with Gasteiger partial charge in [0, 0.05) is 18.8 Å². The van der Waals surface area contributed by atoms with Crippen molar-refractivity contribution in [2.45, 2.75) is 19.4 Å². The average Bonchev–Trinajstić information content (AvgIpc) is 2.56. The molecule has 22 heavy (non-hydrogen) atoms. The van der Waals surface area contributed by atoms with Crippen molar-refractivity contribution in [3.63, 3.8) is 0 Å². The number of fused-ring (bicyclic) bond motifs is 1. The predicted octanol–water partition coefficient (Wildman–Crippen LogP) is 1.37. The van der Waals surface area contributed by atoms with Gasteiger partial charge in [-0.1, -0.05) is 6.07 Å². The standard InChI is InChI=1S/C16H16N4O2/c17-8-13-7-12-4-6-22-10-14(12)20-16(13)18-5-3-11-1-2-15(21)19-9-11/h1-2,7,9H,3-6,10H2,(H,18,20)(H,19,21). The van der Waals surface area contributed by atoms with E-state index in [2.05, 4.69) is 21.4 Å². The molecule has 0 amide bonds. The summed E-state index contributed by atoms with van der Waals surface area (Å²) in [5, 5.41) is 12.5. The zero-order valence-corrected chi connectivity index (χ0v) is 12.1. The number of aromatic amines is 1. The maximum atomic E-state index is 11.0. The lowest BCUT2D eigenvalue weighted by Crippen LogP contribution is -2.15. The maximum Gasteiger partial charge on any atom is 0.247 e. The topological polar surface area (TPSA) is 90.8 Å². The van der Waals surface area contributed by atoms with Gasteiger partial charge >= 0.3 is 0 Å². The molecule has 0 spiro atoms. The van der Waals surface area contributed by atoms with Gasteiger partial charge in [-0.05, 0) is 30.0 Å². The minimum atomic E-state index is -0.111. The molecule has 3 rings (SSSR count). The highest BCUT2D eigenvalue weighted by Gasteiger charge is 2.15. The molecule has 1 aliphatic heterocycles. The van der Waals surface area contributed by atoms with E-state index >= 15 is 0 Å². The zero-order chi connectivity index (χ0) is 15.4. The molecule has 0 saturated heterocycles. The van der Waals surface area contributed by atoms with Crippen LogP contribution < -0.4 is 10.9 Å². The van der Waals surface area contributed by atoms with Gasteiger partial charge in [0.15, 0.2) is 0 Å². The van der Waals surface area contributed by atoms with Gasteiger partial charge in [-0.15, -0.1) is 0 Å². The van der Waals surface area contributed by atoms with Crippen molar-refractivity contribution < 1.29 is 4.74 Å². The highest BCUT2D eigenvalue weighted by atomic mass is 16.5. The van der Waals surface area contributed by atoms with Crippen molar-refractivity contribution in [3.05, 3.63) is 57.1 Å². The lowest BCUT2D eigenvalue weighted by atomic mass is 10.1. The van der Waals surface area contributed by atoms with Gasteiger partial charge in [-0.2, -0.15) is 5.26 Å². The summed E-state index contributed by atoms with van der Waals surface area (Å²) in [6.07, 6.45) is 3.23. The molecule has 3 heterocycles. The summed E-state index contributed by atoms with van der Waals surface area (Å²) in [7, 11) is 0. The van der Waals surface area contributed by atoms with Gasteiger partial charge in [-0.3, -0.25) is 4.79 Å². The first-order valence-electron chi connectivity index (χ1n) is 7.18. The maximum absolute atomic E-state index is 11.0. The minimum absolute atomic E-state index is 0.111. The quantitative estimate of drug-likeness (QED) is 0.889. The molecule has 6 heteroatoms. The molecule has 0 atom stereocenters. The second kappa shape index (κ2) is 6.41. The molecular weight excluding hydrogens is 280 g/mol. The van der Waals surface area contributed by atoms with Gasteiger partial charge in [0.25, 0.3) is 0 Å². The molecule has 6 nitrogen and oxygen atoms in total. The van der Waals surface area contributed by atoms with E-state index in [1.807, 2.05) is 6.07 Å². The number of rotatable bonds is 4. The van der Waals surface area contributed by atoms with Crippen LogP contribution in [0.4, 0.5) is 5.82 Å². The predicted molar refractivity (Wildman–Crippen MR) is 81.6 cm³/mol. The monoisotopic (exact) mass is 296 g/mol. The third kappa shape index (κ3) is 3.15. The Hall–Kier alpha value is -2.65. The number of anilines is 1. The van der Waals surface area contributed by atoms with E-state index in [0.29, 0.717) is 31.1 Å². The van der Waals surface area contributed by atoms with Crippen molar-refractivity contribution in [2.75, 3.05) is 18.5 Å². The summed E-state index contributed by atoms with van der Waals surface area (Å²) in [5.74, 6) is 0.594. The Kier molecular flexibility index (Phi) is 4.17. The number of hydrogen-bond acceptors (Lipinski definition) is 5. The number of aromatic nitrogens is 2. The number of nitriles is 1. The van der Waals surface area contributed by atoms with Crippen LogP contribution >= 0.6 is 0 Å². The van der Waals surface area contributed by atoms with E-state index in [4.69, 9.17) is 4.74 Å². The Morgan fingerprint density at radius 1 is 1.45 bits per heavy atom. The van der Waals surface area contributed by atoms with Crippen LogP contribution in [0.1, 0.15) is 22.4 Å². The van der Waals surface area contributed by atoms with Gasteiger partial charge in [0.05, 0.1) is 24.5 Å². The molecule has 0 radical (unpaired) electrons. The van der Waals surface area contributed by atoms with Gasteiger partial charge in [0.1, 0.15) is 11.9 Å². The molecule has 0 aromatic carbocycles. The molecule has 1 aliphatic rings. The fourth-order valence-electron chi connectivity index (χ4n) is 2.43. The molecule has 0 aliphatic carbocycles. The van der Waals surface area contributed by atoms with E-state index in [1.54, 1.807) is 12.3 Å². The first-order chi connectivity index (χ1) is 10.8. The molecule has 2 aromatic heterocycles. The molecule has 0 fully saturated rings. The van der Waals surface area contributed by atoms with Crippen molar-refractivity contribution >= 4 is 5.82 Å². The first kappa shape index (κ1) is 14.3. The number of H-pyrrole nitrogens is 1. The fraction of sp³-hybridized carbons (Fsp3) is 0.312. The molecule has 0 saturated carbocycles. The smallest absolute Gasteiger partial charge is 0.247 e. The van der Waals surface area contributed by atoms with Crippen LogP contribution in [0.3, 0.4) is 0 Å². The van der Waals surface area contributed by atoms with E-state index < -0.39 is 0 Å². The van der Waals surface area contributed by atoms with Gasteiger partial charge < -0.3 is 15.0 Å². The summed E-state index contributed by atoms with van der Waals surface area (Å²) in [4.78, 5) is 18.2. The number of pyridine rings is 2. The summed E-state index contributed by atoms with van der Waals surface area (Å²) < 4.78 is 5.40. The van der Waals surface area contributed by atoms with Gasteiger partial charge in [0.2, 0.25) is 5.56 Å². The van der Waals surface area contributed by atoms with Crippen molar-refractivity contribution in [1.29, 1.82) is 5.26 Å². The Balaban J connectivity index is 1.70. The number of nitrogens with zero attached hydrogens (tertiary/aromatic N) is 2. The highest BCUT2D eigenvalue weighted by Crippen LogP contribution is 2.21. The largest absolute Gasteiger partial charge is 0.375 e. The normalized spacial score (nSPS) is 13.2. The third-order valence-corrected chi connectivity index (χ3v) is 3.62. The molecule has 0 bridgehead atoms. The molecule has 2 N–H and O–H groups in total. The fourth-order valence-corrected chi connectivity index (χ4v) is 2.43. The third-order valence-electron chi connectivity index (χ3n) is 3.62. The number of hydrogen-bond donors (Lipinski definition) is 2. The average molecular weight is 296 g/mol. The second-order valence-corrected chi connectivity index (χ2v) is 5.14. The Bertz CT molecular complexity index is 756. The number of ether oxygens (including phenoxy) is 1. The van der Waals surface area contributed by atoms with Crippen LogP contribution in [-0.4, -0.2) is 23.1 Å². The van der Waals surface area contributed by atoms with E-state index in [1.165, 1.54) is 6.07 Å². The summed E-state index contributed by atoms with van der Waals surface area (Å²) in [5.41, 5.74) is 3.46. The molecule has 2 aromatic rings. The van der Waals surface area contributed by atoms with Crippen LogP contribution in [0, 0.1) is 11.3 Å². The van der Waals surface area contributed by atoms with Crippen LogP contribution in [0.2, 0.25) is 0 Å². The van der Waals surface area contributed by atoms with Crippen LogP contribution in [0.25, 0.3) is 0 Å². The van der Waals surface area contributed by atoms with Crippen LogP contribution in [0.15, 0.2) is 29.2 Å². The summed E-state index contributed by atoms with van der Waals surface area (Å²) >= 11 is 0. The molecule has 0 unspecified atom stereocenters. The summed E-state index contributed by atoms with van der Waals surface area (Å²) in [6.45, 7) is 1.81. The highest BCUT2D eigenvalue weighted by molar-refractivity contribution is 5.54. The Morgan fingerprint density at radius 3 is 3.14 bits per heavy atom. The minimum Gasteiger partial charge on any atom is -0.375 e. The zero-order valence-electron chi connectivity index (χ0n) is 12.1. The second-order valence-electron chi connectivity index (χ2n) is 5.14. The first-order valence-corrected chi connectivity index (χ1v) is 7.18. The van der Waals surface area contributed by atoms with Crippen molar-refractivity contribution in [1.82, 2.24) is 9.97 Å². The van der Waals surface area contributed by atoms with Crippen LogP contribution in [0.5, 0.6) is 0 Å². The van der Waals surface area contributed by atoms with E-state index in [-0.39, 0.29) is 5.56 Å². The van der Waals surface area contributed by atoms with Gasteiger partial charge in [-0.25, -0.2) is 4.98 Å². The van der Waals surface area contributed by atoms with E-state index in [0.717, 1.165) is 29.7 Å². The van der Waals surface area contributed by atoms with Crippen LogP contribution in [-0.2, 0) is 24.2 Å².